The van der Waals surface area contributed by atoms with Crippen LogP contribution in [0.5, 0.6) is 5.75 Å². The summed E-state index contributed by atoms with van der Waals surface area (Å²) < 4.78 is 10.6. The van der Waals surface area contributed by atoms with E-state index in [1.165, 1.54) is 0 Å². The number of para-hydroxylation sites is 1. The number of benzene rings is 1. The van der Waals surface area contributed by atoms with Crippen LogP contribution < -0.4 is 4.74 Å². The normalized spacial score (nSPS) is 14.6. The second-order valence-electron chi connectivity index (χ2n) is 3.49. The summed E-state index contributed by atoms with van der Waals surface area (Å²) in [6.07, 6.45) is -0.0315. The van der Waals surface area contributed by atoms with Crippen LogP contribution in [0.3, 0.4) is 0 Å². The topological polar surface area (TPSA) is 38.7 Å². The third kappa shape index (κ3) is 4.32. The molecule has 1 aromatic carbocycles. The zero-order valence-corrected chi connectivity index (χ0v) is 9.22. The zero-order chi connectivity index (χ0) is 11.1. The Balaban J connectivity index is 2.51. The van der Waals surface area contributed by atoms with Gasteiger partial charge in [0.1, 0.15) is 11.9 Å². The van der Waals surface area contributed by atoms with E-state index >= 15 is 0 Å². The van der Waals surface area contributed by atoms with Crippen LogP contribution in [0.15, 0.2) is 30.3 Å². The summed E-state index contributed by atoms with van der Waals surface area (Å²) in [5, 5.41) is 9.52. The molecule has 1 aromatic rings. The maximum Gasteiger partial charge on any atom is 0.126 e. The van der Waals surface area contributed by atoms with Crippen molar-refractivity contribution >= 4 is 0 Å². The summed E-state index contributed by atoms with van der Waals surface area (Å²) in [6, 6.07) is 9.50. The maximum atomic E-state index is 9.52. The van der Waals surface area contributed by atoms with Gasteiger partial charge in [-0.2, -0.15) is 0 Å². The Kier molecular flexibility index (Phi) is 5.15. The van der Waals surface area contributed by atoms with Crippen molar-refractivity contribution in [2.75, 3.05) is 13.7 Å². The molecule has 0 bridgehead atoms. The van der Waals surface area contributed by atoms with Crippen molar-refractivity contribution in [3.63, 3.8) is 0 Å². The molecule has 84 valence electrons. The summed E-state index contributed by atoms with van der Waals surface area (Å²) in [5.74, 6) is 0.777. The molecule has 0 aliphatic carbocycles. The molecule has 15 heavy (non-hydrogen) atoms. The Labute approximate surface area is 90.6 Å². The van der Waals surface area contributed by atoms with Gasteiger partial charge in [0.15, 0.2) is 0 Å². The number of ether oxygens (including phenoxy) is 2. The number of aliphatic hydroxyl groups is 1. The standard InChI is InChI=1S/C12H18O3/c1-10(13)12(8-9-14-2)15-11-6-4-3-5-7-11/h3-7,10,12-13H,8-9H2,1-2H3. The van der Waals surface area contributed by atoms with Crippen LogP contribution in [0.25, 0.3) is 0 Å². The van der Waals surface area contributed by atoms with Crippen molar-refractivity contribution in [1.82, 2.24) is 0 Å². The first-order valence-electron chi connectivity index (χ1n) is 5.12. The van der Waals surface area contributed by atoms with Crippen LogP contribution in [-0.2, 0) is 4.74 Å². The van der Waals surface area contributed by atoms with E-state index in [0.29, 0.717) is 13.0 Å². The van der Waals surface area contributed by atoms with E-state index in [-0.39, 0.29) is 6.10 Å². The molecule has 0 radical (unpaired) electrons. The zero-order valence-electron chi connectivity index (χ0n) is 9.22. The summed E-state index contributed by atoms with van der Waals surface area (Å²) in [6.45, 7) is 2.31. The molecule has 0 aliphatic heterocycles. The average molecular weight is 210 g/mol. The van der Waals surface area contributed by atoms with Crippen LogP contribution in [0, 0.1) is 0 Å². The number of rotatable bonds is 6. The van der Waals surface area contributed by atoms with E-state index in [4.69, 9.17) is 9.47 Å². The molecular weight excluding hydrogens is 192 g/mol. The van der Waals surface area contributed by atoms with E-state index < -0.39 is 6.10 Å². The predicted molar refractivity (Wildman–Crippen MR) is 59.0 cm³/mol. The fraction of sp³-hybridized carbons (Fsp3) is 0.500. The number of aliphatic hydroxyl groups excluding tert-OH is 1. The van der Waals surface area contributed by atoms with Gasteiger partial charge >= 0.3 is 0 Å². The van der Waals surface area contributed by atoms with Crippen LogP contribution in [0.1, 0.15) is 13.3 Å². The van der Waals surface area contributed by atoms with Crippen molar-refractivity contribution < 1.29 is 14.6 Å². The Hall–Kier alpha value is -1.06. The minimum Gasteiger partial charge on any atom is -0.488 e. The van der Waals surface area contributed by atoms with Gasteiger partial charge in [0.05, 0.1) is 6.10 Å². The van der Waals surface area contributed by atoms with Crippen LogP contribution >= 0.6 is 0 Å². The predicted octanol–water partition coefficient (Wildman–Crippen LogP) is 1.85. The first-order valence-corrected chi connectivity index (χ1v) is 5.12. The van der Waals surface area contributed by atoms with E-state index in [2.05, 4.69) is 0 Å². The average Bonchev–Trinajstić information content (AvgIpc) is 2.25. The van der Waals surface area contributed by atoms with Gasteiger partial charge < -0.3 is 14.6 Å². The minimum atomic E-state index is -0.500. The highest BCUT2D eigenvalue weighted by atomic mass is 16.5. The Morgan fingerprint density at radius 2 is 1.93 bits per heavy atom. The molecule has 0 heterocycles. The summed E-state index contributed by atoms with van der Waals surface area (Å²) in [5.41, 5.74) is 0. The summed E-state index contributed by atoms with van der Waals surface area (Å²) in [4.78, 5) is 0. The van der Waals surface area contributed by atoms with Crippen LogP contribution in [-0.4, -0.2) is 31.0 Å². The highest BCUT2D eigenvalue weighted by Crippen LogP contribution is 2.14. The fourth-order valence-electron chi connectivity index (χ4n) is 1.31. The van der Waals surface area contributed by atoms with Gasteiger partial charge in [-0.3, -0.25) is 0 Å². The molecule has 0 aromatic heterocycles. The van der Waals surface area contributed by atoms with Crippen molar-refractivity contribution in [1.29, 1.82) is 0 Å². The Morgan fingerprint density at radius 1 is 1.27 bits per heavy atom. The van der Waals surface area contributed by atoms with E-state index in [0.717, 1.165) is 5.75 Å². The lowest BCUT2D eigenvalue weighted by Crippen LogP contribution is -2.30. The Morgan fingerprint density at radius 3 is 2.47 bits per heavy atom. The third-order valence-electron chi connectivity index (χ3n) is 2.18. The van der Waals surface area contributed by atoms with Crippen LogP contribution in [0.4, 0.5) is 0 Å². The van der Waals surface area contributed by atoms with Gasteiger partial charge in [-0.15, -0.1) is 0 Å². The van der Waals surface area contributed by atoms with Crippen LogP contribution in [0.2, 0.25) is 0 Å². The van der Waals surface area contributed by atoms with Gasteiger partial charge in [-0.1, -0.05) is 18.2 Å². The lowest BCUT2D eigenvalue weighted by Gasteiger charge is -2.21. The highest BCUT2D eigenvalue weighted by Gasteiger charge is 2.16. The van der Waals surface area contributed by atoms with E-state index in [9.17, 15) is 5.11 Å². The quantitative estimate of drug-likeness (QED) is 0.778. The third-order valence-corrected chi connectivity index (χ3v) is 2.18. The molecule has 1 rings (SSSR count). The molecule has 2 unspecified atom stereocenters. The fourth-order valence-corrected chi connectivity index (χ4v) is 1.31. The van der Waals surface area contributed by atoms with Gasteiger partial charge in [0, 0.05) is 20.1 Å². The van der Waals surface area contributed by atoms with E-state index in [1.54, 1.807) is 14.0 Å². The molecule has 0 fully saturated rings. The number of methoxy groups -OCH3 is 1. The van der Waals surface area contributed by atoms with E-state index in [1.807, 2.05) is 30.3 Å². The SMILES string of the molecule is COCCC(Oc1ccccc1)C(C)O. The summed E-state index contributed by atoms with van der Waals surface area (Å²) >= 11 is 0. The van der Waals surface area contributed by atoms with Crippen molar-refractivity contribution in [2.24, 2.45) is 0 Å². The minimum absolute atomic E-state index is 0.215. The highest BCUT2D eigenvalue weighted by molar-refractivity contribution is 5.21. The molecule has 0 saturated heterocycles. The second-order valence-corrected chi connectivity index (χ2v) is 3.49. The molecular formula is C12H18O3. The lowest BCUT2D eigenvalue weighted by atomic mass is 10.1. The molecule has 0 saturated carbocycles. The Bertz CT molecular complexity index is 259. The smallest absolute Gasteiger partial charge is 0.126 e. The second kappa shape index (κ2) is 6.43. The van der Waals surface area contributed by atoms with Gasteiger partial charge in [-0.25, -0.2) is 0 Å². The summed E-state index contributed by atoms with van der Waals surface area (Å²) in [7, 11) is 1.64. The molecule has 3 heteroatoms. The molecule has 3 nitrogen and oxygen atoms in total. The molecule has 1 N–H and O–H groups in total. The van der Waals surface area contributed by atoms with Gasteiger partial charge in [0.2, 0.25) is 0 Å². The number of hydrogen-bond acceptors (Lipinski definition) is 3. The molecule has 0 spiro atoms. The molecule has 0 amide bonds. The lowest BCUT2D eigenvalue weighted by molar-refractivity contribution is 0.0269. The first kappa shape index (κ1) is 12.0. The van der Waals surface area contributed by atoms with Gasteiger partial charge in [-0.05, 0) is 19.1 Å². The molecule has 2 atom stereocenters. The molecule has 0 aliphatic rings. The monoisotopic (exact) mass is 210 g/mol. The van der Waals surface area contributed by atoms with Crippen molar-refractivity contribution in [3.8, 4) is 5.75 Å². The largest absolute Gasteiger partial charge is 0.488 e. The van der Waals surface area contributed by atoms with Gasteiger partial charge in [0.25, 0.3) is 0 Å². The first-order chi connectivity index (χ1) is 7.24. The maximum absolute atomic E-state index is 9.52. The van der Waals surface area contributed by atoms with Crippen molar-refractivity contribution in [3.05, 3.63) is 30.3 Å². The number of hydrogen-bond donors (Lipinski definition) is 1. The van der Waals surface area contributed by atoms with Crippen molar-refractivity contribution in [2.45, 2.75) is 25.6 Å².